The summed E-state index contributed by atoms with van der Waals surface area (Å²) in [6.07, 6.45) is 0.793. The largest absolute Gasteiger partial charge is 0.497 e. The zero-order chi connectivity index (χ0) is 19.9. The molecular formula is C21H35N3O3. The first-order chi connectivity index (χ1) is 12.7. The first kappa shape index (κ1) is 21.5. The van der Waals surface area contributed by atoms with E-state index in [1.54, 1.807) is 7.11 Å². The van der Waals surface area contributed by atoms with Crippen molar-refractivity contribution in [3.8, 4) is 5.75 Å². The average Bonchev–Trinajstić information content (AvgIpc) is 2.79. The molecule has 1 saturated heterocycles. The van der Waals surface area contributed by atoms with Crippen LogP contribution in [0.3, 0.4) is 0 Å². The molecule has 0 saturated carbocycles. The van der Waals surface area contributed by atoms with E-state index in [2.05, 4.69) is 27.2 Å². The average molecular weight is 378 g/mol. The number of carbonyl (C=O) groups is 1. The summed E-state index contributed by atoms with van der Waals surface area (Å²) < 4.78 is 10.6. The van der Waals surface area contributed by atoms with Crippen LogP contribution in [-0.4, -0.2) is 67.4 Å². The van der Waals surface area contributed by atoms with Crippen molar-refractivity contribution >= 4 is 6.09 Å². The maximum atomic E-state index is 11.9. The molecule has 1 aliphatic heterocycles. The van der Waals surface area contributed by atoms with Gasteiger partial charge in [-0.05, 0) is 64.9 Å². The lowest BCUT2D eigenvalue weighted by atomic mass is 10.2. The molecule has 6 heteroatoms. The first-order valence-corrected chi connectivity index (χ1v) is 9.82. The van der Waals surface area contributed by atoms with E-state index in [-0.39, 0.29) is 12.1 Å². The number of nitrogens with zero attached hydrogens (tertiary/aromatic N) is 2. The van der Waals surface area contributed by atoms with Gasteiger partial charge in [0.25, 0.3) is 0 Å². The lowest BCUT2D eigenvalue weighted by molar-refractivity contribution is 0.0497. The van der Waals surface area contributed by atoms with Gasteiger partial charge in [-0.3, -0.25) is 9.80 Å². The Balaban J connectivity index is 1.75. The van der Waals surface area contributed by atoms with Gasteiger partial charge < -0.3 is 14.8 Å². The second kappa shape index (κ2) is 9.95. The highest BCUT2D eigenvalue weighted by Gasteiger charge is 2.20. The molecular weight excluding hydrogens is 342 g/mol. The van der Waals surface area contributed by atoms with E-state index in [1.165, 1.54) is 5.56 Å². The van der Waals surface area contributed by atoms with E-state index in [1.807, 2.05) is 39.8 Å². The molecule has 2 rings (SSSR count). The minimum absolute atomic E-state index is 0.0630. The molecule has 0 unspecified atom stereocenters. The Bertz CT molecular complexity index is 583. The van der Waals surface area contributed by atoms with Crippen LogP contribution in [0.4, 0.5) is 4.79 Å². The van der Waals surface area contributed by atoms with Crippen LogP contribution in [0.5, 0.6) is 5.75 Å². The van der Waals surface area contributed by atoms with Crippen molar-refractivity contribution in [2.24, 2.45) is 0 Å². The van der Waals surface area contributed by atoms with Crippen molar-refractivity contribution in [3.05, 3.63) is 29.8 Å². The highest BCUT2D eigenvalue weighted by Crippen LogP contribution is 2.14. The maximum Gasteiger partial charge on any atom is 0.407 e. The first-order valence-electron chi connectivity index (χ1n) is 9.82. The third-order valence-corrected chi connectivity index (χ3v) is 4.54. The summed E-state index contributed by atoms with van der Waals surface area (Å²) in [6.45, 7) is 13.7. The summed E-state index contributed by atoms with van der Waals surface area (Å²) >= 11 is 0. The number of hydrogen-bond donors (Lipinski definition) is 1. The third kappa shape index (κ3) is 8.18. The fourth-order valence-corrected chi connectivity index (χ4v) is 3.30. The monoisotopic (exact) mass is 377 g/mol. The van der Waals surface area contributed by atoms with Gasteiger partial charge in [-0.15, -0.1) is 0 Å². The Kier molecular flexibility index (Phi) is 7.92. The van der Waals surface area contributed by atoms with E-state index in [0.29, 0.717) is 0 Å². The number of nitrogens with one attached hydrogen (secondary N) is 1. The number of carbonyl (C=O) groups excluding carboxylic acids is 1. The van der Waals surface area contributed by atoms with Crippen molar-refractivity contribution in [2.45, 2.75) is 52.3 Å². The zero-order valence-electron chi connectivity index (χ0n) is 17.5. The minimum Gasteiger partial charge on any atom is -0.497 e. The molecule has 1 aromatic rings. The highest BCUT2D eigenvalue weighted by atomic mass is 16.6. The van der Waals surface area contributed by atoms with Crippen LogP contribution in [0.2, 0.25) is 0 Å². The van der Waals surface area contributed by atoms with Gasteiger partial charge in [0.15, 0.2) is 0 Å². The Morgan fingerprint density at radius 2 is 1.74 bits per heavy atom. The molecule has 0 radical (unpaired) electrons. The SMILES string of the molecule is COc1ccc(CN2CCCN(C[C@@H](C)NC(=O)OC(C)(C)C)CC2)cc1. The molecule has 1 aliphatic rings. The normalized spacial score (nSPS) is 17.8. The van der Waals surface area contributed by atoms with Crippen LogP contribution in [0.25, 0.3) is 0 Å². The van der Waals surface area contributed by atoms with Crippen LogP contribution in [0.15, 0.2) is 24.3 Å². The van der Waals surface area contributed by atoms with Crippen molar-refractivity contribution < 1.29 is 14.3 Å². The molecule has 0 aliphatic carbocycles. The predicted octanol–water partition coefficient (Wildman–Crippen LogP) is 3.12. The van der Waals surface area contributed by atoms with Crippen LogP contribution < -0.4 is 10.1 Å². The molecule has 1 N–H and O–H groups in total. The molecule has 1 heterocycles. The predicted molar refractivity (Wildman–Crippen MR) is 108 cm³/mol. The number of alkyl carbamates (subject to hydrolysis) is 1. The quantitative estimate of drug-likeness (QED) is 0.825. The standard InChI is InChI=1S/C21H35N3O3/c1-17(22-20(25)27-21(2,3)4)15-23-11-6-12-24(14-13-23)16-18-7-9-19(26-5)10-8-18/h7-10,17H,6,11-16H2,1-5H3,(H,22,25)/t17-/m1/s1. The van der Waals surface area contributed by atoms with E-state index in [4.69, 9.17) is 9.47 Å². The second-order valence-electron chi connectivity index (χ2n) is 8.33. The second-order valence-corrected chi connectivity index (χ2v) is 8.33. The maximum absolute atomic E-state index is 11.9. The Labute approximate surface area is 163 Å². The van der Waals surface area contributed by atoms with Gasteiger partial charge in [-0.1, -0.05) is 12.1 Å². The molecule has 1 aromatic carbocycles. The topological polar surface area (TPSA) is 54.0 Å². The summed E-state index contributed by atoms with van der Waals surface area (Å²) in [4.78, 5) is 16.8. The van der Waals surface area contributed by atoms with E-state index >= 15 is 0 Å². The van der Waals surface area contributed by atoms with E-state index in [9.17, 15) is 4.79 Å². The summed E-state index contributed by atoms with van der Waals surface area (Å²) in [5, 5.41) is 2.94. The summed E-state index contributed by atoms with van der Waals surface area (Å²) in [6, 6.07) is 8.36. The van der Waals surface area contributed by atoms with Gasteiger partial charge in [0.05, 0.1) is 7.11 Å². The van der Waals surface area contributed by atoms with Crippen LogP contribution in [-0.2, 0) is 11.3 Å². The van der Waals surface area contributed by atoms with Crippen molar-refractivity contribution in [1.29, 1.82) is 0 Å². The van der Waals surface area contributed by atoms with Crippen LogP contribution in [0.1, 0.15) is 39.7 Å². The molecule has 0 spiro atoms. The number of amides is 1. The molecule has 1 amide bonds. The number of ether oxygens (including phenoxy) is 2. The van der Waals surface area contributed by atoms with Gasteiger partial charge in [0.1, 0.15) is 11.4 Å². The lowest BCUT2D eigenvalue weighted by Gasteiger charge is -2.26. The molecule has 1 atom stereocenters. The number of hydrogen-bond acceptors (Lipinski definition) is 5. The summed E-state index contributed by atoms with van der Waals surface area (Å²) in [7, 11) is 1.69. The zero-order valence-corrected chi connectivity index (χ0v) is 17.5. The van der Waals surface area contributed by atoms with E-state index < -0.39 is 5.60 Å². The van der Waals surface area contributed by atoms with Crippen molar-refractivity contribution in [3.63, 3.8) is 0 Å². The fraction of sp³-hybridized carbons (Fsp3) is 0.667. The smallest absolute Gasteiger partial charge is 0.407 e. The molecule has 6 nitrogen and oxygen atoms in total. The van der Waals surface area contributed by atoms with Crippen LogP contribution in [0, 0.1) is 0 Å². The number of methoxy groups -OCH3 is 1. The third-order valence-electron chi connectivity index (χ3n) is 4.54. The molecule has 1 fully saturated rings. The van der Waals surface area contributed by atoms with Gasteiger partial charge in [0.2, 0.25) is 0 Å². The Morgan fingerprint density at radius 1 is 1.11 bits per heavy atom. The Morgan fingerprint density at radius 3 is 2.37 bits per heavy atom. The van der Waals surface area contributed by atoms with Crippen molar-refractivity contribution in [1.82, 2.24) is 15.1 Å². The minimum atomic E-state index is -0.464. The Hall–Kier alpha value is -1.79. The van der Waals surface area contributed by atoms with Gasteiger partial charge in [-0.2, -0.15) is 0 Å². The van der Waals surface area contributed by atoms with Crippen molar-refractivity contribution in [2.75, 3.05) is 39.8 Å². The summed E-state index contributed by atoms with van der Waals surface area (Å²) in [5.41, 5.74) is 0.846. The van der Waals surface area contributed by atoms with Gasteiger partial charge in [-0.25, -0.2) is 4.79 Å². The van der Waals surface area contributed by atoms with Gasteiger partial charge in [0, 0.05) is 32.2 Å². The van der Waals surface area contributed by atoms with E-state index in [0.717, 1.165) is 51.4 Å². The number of benzene rings is 1. The number of rotatable bonds is 6. The molecule has 27 heavy (non-hydrogen) atoms. The molecule has 0 bridgehead atoms. The molecule has 152 valence electrons. The van der Waals surface area contributed by atoms with Gasteiger partial charge >= 0.3 is 6.09 Å². The van der Waals surface area contributed by atoms with Crippen LogP contribution >= 0.6 is 0 Å². The highest BCUT2D eigenvalue weighted by molar-refractivity contribution is 5.68. The molecule has 0 aromatic heterocycles. The lowest BCUT2D eigenvalue weighted by Crippen LogP contribution is -2.44. The summed E-state index contributed by atoms with van der Waals surface area (Å²) in [5.74, 6) is 0.896. The fourth-order valence-electron chi connectivity index (χ4n) is 3.30.